The first-order valence-corrected chi connectivity index (χ1v) is 12.0. The largest absolute Gasteiger partial charge is 0.370 e. The molecule has 10 nitrogen and oxygen atoms in total. The van der Waals surface area contributed by atoms with E-state index in [1.807, 2.05) is 31.6 Å². The second-order valence-electron chi connectivity index (χ2n) is 9.32. The van der Waals surface area contributed by atoms with Crippen LogP contribution in [0.25, 0.3) is 17.0 Å². The van der Waals surface area contributed by atoms with Gasteiger partial charge in [-0.05, 0) is 38.7 Å². The number of hydrogen-bond acceptors (Lipinski definition) is 9. The number of likely N-dealkylation sites (tertiary alicyclic amines) is 1. The number of nitrogens with zero attached hydrogens (tertiary/aromatic N) is 8. The maximum absolute atomic E-state index is 11.2. The minimum Gasteiger partial charge on any atom is -0.370 e. The lowest BCUT2D eigenvalue weighted by molar-refractivity contribution is -0.119. The van der Waals surface area contributed by atoms with Crippen LogP contribution in [0.3, 0.4) is 0 Å². The molecular weight excluding hydrogens is 442 g/mol. The average Bonchev–Trinajstić information content (AvgIpc) is 2.88. The van der Waals surface area contributed by atoms with Gasteiger partial charge < -0.3 is 20.4 Å². The van der Waals surface area contributed by atoms with Crippen molar-refractivity contribution >= 4 is 30.0 Å². The van der Waals surface area contributed by atoms with Gasteiger partial charge in [0.25, 0.3) is 0 Å². The molecule has 0 unspecified atom stereocenters. The molecule has 4 heterocycles. The van der Waals surface area contributed by atoms with Crippen LogP contribution in [-0.2, 0) is 4.79 Å². The molecule has 10 heteroatoms. The van der Waals surface area contributed by atoms with Crippen LogP contribution >= 0.6 is 0 Å². The molecule has 2 aliphatic heterocycles. The maximum Gasteiger partial charge on any atom is 0.231 e. The summed E-state index contributed by atoms with van der Waals surface area (Å²) in [6.07, 6.45) is 5.49. The lowest BCUT2D eigenvalue weighted by Crippen LogP contribution is -2.45. The fraction of sp³-hybridized carbons (Fsp3) is 0.480. The van der Waals surface area contributed by atoms with Gasteiger partial charge in [0.1, 0.15) is 5.69 Å². The van der Waals surface area contributed by atoms with Crippen molar-refractivity contribution in [2.75, 3.05) is 64.8 Å². The normalized spacial score (nSPS) is 17.8. The number of likely N-dealkylation sites (N-methyl/N-ethyl adjacent to an activating group) is 1. The number of piperidine rings is 1. The van der Waals surface area contributed by atoms with Crippen LogP contribution in [0.2, 0.25) is 0 Å². The minimum absolute atomic E-state index is 0.288. The summed E-state index contributed by atoms with van der Waals surface area (Å²) < 4.78 is 0. The number of carbonyl (C=O) groups excluding carboxylic acids is 1. The van der Waals surface area contributed by atoms with Crippen molar-refractivity contribution in [1.82, 2.24) is 29.7 Å². The van der Waals surface area contributed by atoms with Crippen molar-refractivity contribution in [3.63, 3.8) is 0 Å². The summed E-state index contributed by atoms with van der Waals surface area (Å²) in [5.74, 6) is 0.461. The number of nitrogens with two attached hydrogens (primary N) is 1. The zero-order chi connectivity index (χ0) is 24.9. The monoisotopic (exact) mass is 477 g/mol. The molecule has 2 aliphatic rings. The third kappa shape index (κ3) is 5.83. The molecule has 186 valence electrons. The first kappa shape index (κ1) is 24.7. The molecule has 2 N–H and O–H groups in total. The molecule has 0 aliphatic carbocycles. The van der Waals surface area contributed by atoms with Crippen LogP contribution in [0, 0.1) is 0 Å². The van der Waals surface area contributed by atoms with Crippen molar-refractivity contribution in [2.45, 2.75) is 18.9 Å². The smallest absolute Gasteiger partial charge is 0.231 e. The van der Waals surface area contributed by atoms with Gasteiger partial charge in [0.15, 0.2) is 0 Å². The molecule has 0 bridgehead atoms. The Balaban J connectivity index is 1.48. The fourth-order valence-electron chi connectivity index (χ4n) is 4.65. The van der Waals surface area contributed by atoms with E-state index in [2.05, 4.69) is 54.9 Å². The molecule has 2 fully saturated rings. The molecule has 0 radical (unpaired) electrons. The lowest BCUT2D eigenvalue weighted by Gasteiger charge is -2.38. The van der Waals surface area contributed by atoms with E-state index < -0.39 is 0 Å². The second kappa shape index (κ2) is 10.9. The summed E-state index contributed by atoms with van der Waals surface area (Å²) in [7, 11) is 4.16. The summed E-state index contributed by atoms with van der Waals surface area (Å²) in [6.45, 7) is 13.9. The number of aliphatic imine (C=N–C) groups is 1. The fourth-order valence-corrected chi connectivity index (χ4v) is 4.65. The van der Waals surface area contributed by atoms with Gasteiger partial charge in [0.05, 0.1) is 23.6 Å². The van der Waals surface area contributed by atoms with Gasteiger partial charge in [-0.1, -0.05) is 6.58 Å². The number of anilines is 1. The first-order valence-electron chi connectivity index (χ1n) is 12.0. The molecule has 0 saturated carbocycles. The highest BCUT2D eigenvalue weighted by Gasteiger charge is 2.26. The number of piperazine rings is 1. The Morgan fingerprint density at radius 1 is 1.14 bits per heavy atom. The summed E-state index contributed by atoms with van der Waals surface area (Å²) >= 11 is 0. The van der Waals surface area contributed by atoms with Gasteiger partial charge >= 0.3 is 0 Å². The quantitative estimate of drug-likeness (QED) is 0.570. The number of hydrogen-bond donors (Lipinski definition) is 1. The second-order valence-corrected chi connectivity index (χ2v) is 9.32. The molecule has 4 rings (SSSR count). The Kier molecular flexibility index (Phi) is 7.72. The number of primary amides is 1. The predicted molar refractivity (Wildman–Crippen MR) is 140 cm³/mol. The van der Waals surface area contributed by atoms with Crippen molar-refractivity contribution in [3.05, 3.63) is 36.8 Å². The minimum atomic E-state index is -0.288. The van der Waals surface area contributed by atoms with E-state index in [-0.39, 0.29) is 5.91 Å². The van der Waals surface area contributed by atoms with Crippen molar-refractivity contribution in [3.8, 4) is 11.3 Å². The molecular formula is C25H35N9O. The van der Waals surface area contributed by atoms with Crippen LogP contribution in [-0.4, -0.2) is 108 Å². The van der Waals surface area contributed by atoms with E-state index >= 15 is 0 Å². The number of amides is 1. The van der Waals surface area contributed by atoms with Gasteiger partial charge in [-0.3, -0.25) is 14.7 Å². The van der Waals surface area contributed by atoms with Gasteiger partial charge in [-0.25, -0.2) is 15.0 Å². The van der Waals surface area contributed by atoms with Crippen LogP contribution < -0.4 is 10.6 Å². The Morgan fingerprint density at radius 2 is 1.80 bits per heavy atom. The molecule has 0 atom stereocenters. The third-order valence-corrected chi connectivity index (χ3v) is 6.95. The van der Waals surface area contributed by atoms with Crippen LogP contribution in [0.1, 0.15) is 18.5 Å². The molecule has 2 aromatic rings. The Labute approximate surface area is 207 Å². The maximum atomic E-state index is 11.2. The third-order valence-electron chi connectivity index (χ3n) is 6.95. The van der Waals surface area contributed by atoms with E-state index in [1.54, 1.807) is 0 Å². The summed E-state index contributed by atoms with van der Waals surface area (Å²) in [6, 6.07) is 4.12. The number of aromatic nitrogens is 3. The topological polar surface area (TPSA) is 107 Å². The van der Waals surface area contributed by atoms with E-state index in [9.17, 15) is 4.79 Å². The van der Waals surface area contributed by atoms with E-state index in [0.717, 1.165) is 75.0 Å². The van der Waals surface area contributed by atoms with E-state index in [1.165, 1.54) is 0 Å². The van der Waals surface area contributed by atoms with Crippen molar-refractivity contribution in [2.24, 2.45) is 10.7 Å². The molecule has 0 spiro atoms. The highest BCUT2D eigenvalue weighted by Crippen LogP contribution is 2.31. The highest BCUT2D eigenvalue weighted by molar-refractivity contribution is 5.76. The van der Waals surface area contributed by atoms with Crippen molar-refractivity contribution < 1.29 is 4.79 Å². The summed E-state index contributed by atoms with van der Waals surface area (Å²) in [5, 5.41) is 0. The molecule has 2 saturated heterocycles. The summed E-state index contributed by atoms with van der Waals surface area (Å²) in [5.41, 5.74) is 9.13. The molecule has 1 amide bonds. The van der Waals surface area contributed by atoms with E-state index in [0.29, 0.717) is 24.0 Å². The zero-order valence-corrected chi connectivity index (χ0v) is 20.7. The van der Waals surface area contributed by atoms with Crippen LogP contribution in [0.4, 0.5) is 11.6 Å². The average molecular weight is 478 g/mol. The standard InChI is InChI=1S/C25H35N9O/c1-18(32(4)20-7-9-33(10-8-20)17-23(26)35)24-22(27-2)6-5-21(30-24)19-15-28-25(29-16-19)34-13-11-31(3)12-14-34/h5-6,15-16,20H,1-2,7-14,17H2,3-4H3,(H2,26,35). The van der Waals surface area contributed by atoms with Gasteiger partial charge in [-0.15, -0.1) is 0 Å². The lowest BCUT2D eigenvalue weighted by atomic mass is 10.0. The predicted octanol–water partition coefficient (Wildman–Crippen LogP) is 1.47. The van der Waals surface area contributed by atoms with Crippen LogP contribution in [0.15, 0.2) is 36.1 Å². The van der Waals surface area contributed by atoms with Crippen molar-refractivity contribution in [1.29, 1.82) is 0 Å². The van der Waals surface area contributed by atoms with Gasteiger partial charge in [-0.2, -0.15) is 0 Å². The molecule has 2 aromatic heterocycles. The van der Waals surface area contributed by atoms with Gasteiger partial charge in [0, 0.05) is 70.3 Å². The Hall–Kier alpha value is -3.37. The van der Waals surface area contributed by atoms with E-state index in [4.69, 9.17) is 10.7 Å². The van der Waals surface area contributed by atoms with Gasteiger partial charge in [0.2, 0.25) is 11.9 Å². The summed E-state index contributed by atoms with van der Waals surface area (Å²) in [4.78, 5) is 38.3. The van der Waals surface area contributed by atoms with Crippen LogP contribution in [0.5, 0.6) is 0 Å². The number of pyridine rings is 1. The first-order chi connectivity index (χ1) is 16.9. The number of rotatable bonds is 8. The SMILES string of the molecule is C=Nc1ccc(-c2cnc(N3CCN(C)CC3)nc2)nc1C(=C)N(C)C1CCN(CC(N)=O)CC1. The Morgan fingerprint density at radius 3 is 2.40 bits per heavy atom. The Bertz CT molecular complexity index is 1060. The zero-order valence-electron chi connectivity index (χ0n) is 20.7. The molecule has 35 heavy (non-hydrogen) atoms. The number of carbonyl (C=O) groups is 1. The molecule has 0 aromatic carbocycles. The highest BCUT2D eigenvalue weighted by atomic mass is 16.1.